The highest BCUT2D eigenvalue weighted by molar-refractivity contribution is 7.13. The molecule has 1 heterocycles. The molecule has 0 aliphatic heterocycles. The van der Waals surface area contributed by atoms with Crippen LogP contribution in [0.2, 0.25) is 0 Å². The molecular weight excluding hydrogens is 334 g/mol. The maximum Gasteiger partial charge on any atom is 0.268 e. The summed E-state index contributed by atoms with van der Waals surface area (Å²) >= 11 is 1.42. The Hall–Kier alpha value is -1.66. The summed E-state index contributed by atoms with van der Waals surface area (Å²) in [7, 11) is 0. The molecule has 138 valence electrons. The van der Waals surface area contributed by atoms with Crippen LogP contribution in [0.25, 0.3) is 10.1 Å². The van der Waals surface area contributed by atoms with Gasteiger partial charge >= 0.3 is 0 Å². The summed E-state index contributed by atoms with van der Waals surface area (Å²) in [5, 5.41) is 3.72. The summed E-state index contributed by atoms with van der Waals surface area (Å²) in [6.45, 7) is 11.7. The van der Waals surface area contributed by atoms with E-state index in [2.05, 4.69) is 37.9 Å². The van der Waals surface area contributed by atoms with Gasteiger partial charge in [0.1, 0.15) is 0 Å². The first kappa shape index (κ1) is 19.7. The molecule has 6 heteroatoms. The largest absolute Gasteiger partial charge is 0.343 e. The van der Waals surface area contributed by atoms with Gasteiger partial charge in [-0.15, -0.1) is 0 Å². The second-order valence-corrected chi connectivity index (χ2v) is 8.39. The summed E-state index contributed by atoms with van der Waals surface area (Å²) in [5.41, 5.74) is -0.00496. The van der Waals surface area contributed by atoms with Crippen LogP contribution >= 0.6 is 11.5 Å². The summed E-state index contributed by atoms with van der Waals surface area (Å²) < 4.78 is 2.64. The molecule has 0 spiro atoms. The van der Waals surface area contributed by atoms with Crippen molar-refractivity contribution >= 4 is 27.5 Å². The number of aryl methyl sites for hydroxylation is 1. The predicted molar refractivity (Wildman–Crippen MR) is 105 cm³/mol. The molecule has 0 saturated carbocycles. The molecule has 0 unspecified atom stereocenters. The van der Waals surface area contributed by atoms with Gasteiger partial charge in [-0.25, -0.2) is 0 Å². The van der Waals surface area contributed by atoms with Crippen LogP contribution in [0.15, 0.2) is 29.1 Å². The van der Waals surface area contributed by atoms with Crippen molar-refractivity contribution < 1.29 is 4.79 Å². The number of hydrogen-bond donors (Lipinski definition) is 1. The number of rotatable bonds is 9. The van der Waals surface area contributed by atoms with E-state index in [1.807, 2.05) is 24.3 Å². The molecule has 2 rings (SSSR count). The lowest BCUT2D eigenvalue weighted by molar-refractivity contribution is -0.122. The molecule has 1 N–H and O–H groups in total. The van der Waals surface area contributed by atoms with Crippen LogP contribution in [0.1, 0.15) is 34.1 Å². The third kappa shape index (κ3) is 5.97. The number of carbonyl (C=O) groups excluding carboxylic acids is 1. The van der Waals surface area contributed by atoms with E-state index in [-0.39, 0.29) is 11.5 Å². The van der Waals surface area contributed by atoms with Crippen molar-refractivity contribution in [2.24, 2.45) is 11.8 Å². The van der Waals surface area contributed by atoms with Gasteiger partial charge in [0.15, 0.2) is 0 Å². The molecule has 0 bridgehead atoms. The molecule has 0 saturated heterocycles. The van der Waals surface area contributed by atoms with Crippen LogP contribution in [0.4, 0.5) is 0 Å². The lowest BCUT2D eigenvalue weighted by Gasteiger charge is -2.26. The van der Waals surface area contributed by atoms with Crippen LogP contribution < -0.4 is 10.9 Å². The van der Waals surface area contributed by atoms with E-state index in [0.717, 1.165) is 23.2 Å². The molecule has 5 nitrogen and oxygen atoms in total. The fourth-order valence-corrected chi connectivity index (χ4v) is 3.89. The standard InChI is InChI=1S/C19H29N3O2S/c1-14(2)11-21(12-15(3)4)13-20-18(23)9-10-22-19(24)16-7-5-6-8-17(16)25-22/h5-8,14-15H,9-13H2,1-4H3,(H,20,23). The van der Waals surface area contributed by atoms with E-state index in [1.54, 1.807) is 3.96 Å². The van der Waals surface area contributed by atoms with Crippen molar-refractivity contribution in [2.45, 2.75) is 40.7 Å². The van der Waals surface area contributed by atoms with Crippen molar-refractivity contribution in [3.05, 3.63) is 34.6 Å². The van der Waals surface area contributed by atoms with E-state index in [1.165, 1.54) is 11.5 Å². The molecule has 0 aliphatic carbocycles. The lowest BCUT2D eigenvalue weighted by Crippen LogP contribution is -2.41. The summed E-state index contributed by atoms with van der Waals surface area (Å²) in [6, 6.07) is 7.56. The van der Waals surface area contributed by atoms with Crippen molar-refractivity contribution in [3.63, 3.8) is 0 Å². The number of amides is 1. The highest BCUT2D eigenvalue weighted by atomic mass is 32.1. The SMILES string of the molecule is CC(C)CN(CNC(=O)CCn1sc2ccccc2c1=O)CC(C)C. The first-order valence-electron chi connectivity index (χ1n) is 8.94. The number of nitrogens with one attached hydrogen (secondary N) is 1. The van der Waals surface area contributed by atoms with Crippen molar-refractivity contribution in [1.29, 1.82) is 0 Å². The smallest absolute Gasteiger partial charge is 0.268 e. The fourth-order valence-electron chi connectivity index (χ4n) is 2.89. The maximum absolute atomic E-state index is 12.3. The van der Waals surface area contributed by atoms with Crippen LogP contribution in [-0.2, 0) is 11.3 Å². The third-order valence-corrected chi connectivity index (χ3v) is 4.96. The molecule has 0 atom stereocenters. The molecule has 1 aromatic carbocycles. The first-order valence-corrected chi connectivity index (χ1v) is 9.72. The molecule has 0 fully saturated rings. The second kappa shape index (κ2) is 9.15. The Kier molecular flexibility index (Phi) is 7.20. The Bertz CT molecular complexity index is 738. The van der Waals surface area contributed by atoms with E-state index in [4.69, 9.17) is 0 Å². The summed E-state index contributed by atoms with van der Waals surface area (Å²) in [4.78, 5) is 26.7. The van der Waals surface area contributed by atoms with Gasteiger partial charge in [-0.05, 0) is 24.0 Å². The predicted octanol–water partition coefficient (Wildman–Crippen LogP) is 3.14. The van der Waals surface area contributed by atoms with Gasteiger partial charge in [0.05, 0.1) is 16.8 Å². The first-order chi connectivity index (χ1) is 11.9. The molecule has 1 aromatic heterocycles. The normalized spacial score (nSPS) is 11.8. The Morgan fingerprint density at radius 2 is 1.80 bits per heavy atom. The number of aromatic nitrogens is 1. The zero-order valence-electron chi connectivity index (χ0n) is 15.6. The van der Waals surface area contributed by atoms with E-state index >= 15 is 0 Å². The second-order valence-electron chi connectivity index (χ2n) is 7.33. The summed E-state index contributed by atoms with van der Waals surface area (Å²) in [5.74, 6) is 1.11. The Morgan fingerprint density at radius 1 is 1.16 bits per heavy atom. The maximum atomic E-state index is 12.3. The average molecular weight is 364 g/mol. The number of carbonyl (C=O) groups is 1. The Morgan fingerprint density at radius 3 is 2.40 bits per heavy atom. The number of fused-ring (bicyclic) bond motifs is 1. The van der Waals surface area contributed by atoms with Crippen molar-refractivity contribution in [1.82, 2.24) is 14.2 Å². The highest BCUT2D eigenvalue weighted by Crippen LogP contribution is 2.15. The average Bonchev–Trinajstić information content (AvgIpc) is 2.86. The minimum Gasteiger partial charge on any atom is -0.343 e. The molecule has 25 heavy (non-hydrogen) atoms. The van der Waals surface area contributed by atoms with Gasteiger partial charge in [-0.1, -0.05) is 51.4 Å². The highest BCUT2D eigenvalue weighted by Gasteiger charge is 2.12. The number of benzene rings is 1. The van der Waals surface area contributed by atoms with Crippen molar-refractivity contribution in [3.8, 4) is 0 Å². The van der Waals surface area contributed by atoms with Gasteiger partial charge in [-0.2, -0.15) is 0 Å². The monoisotopic (exact) mass is 363 g/mol. The van der Waals surface area contributed by atoms with Gasteiger partial charge < -0.3 is 5.32 Å². The zero-order valence-corrected chi connectivity index (χ0v) is 16.4. The fraction of sp³-hybridized carbons (Fsp3) is 0.579. The van der Waals surface area contributed by atoms with Crippen LogP contribution in [0.3, 0.4) is 0 Å². The topological polar surface area (TPSA) is 54.3 Å². The van der Waals surface area contributed by atoms with Crippen LogP contribution in [0, 0.1) is 11.8 Å². The van der Waals surface area contributed by atoms with Crippen LogP contribution in [0.5, 0.6) is 0 Å². The van der Waals surface area contributed by atoms with E-state index < -0.39 is 0 Å². The molecule has 2 aromatic rings. The third-order valence-electron chi connectivity index (χ3n) is 3.84. The van der Waals surface area contributed by atoms with E-state index in [9.17, 15) is 9.59 Å². The number of hydrogen-bond acceptors (Lipinski definition) is 4. The quantitative estimate of drug-likeness (QED) is 0.697. The van der Waals surface area contributed by atoms with Gasteiger partial charge in [0.25, 0.3) is 5.56 Å². The van der Waals surface area contributed by atoms with Gasteiger partial charge in [-0.3, -0.25) is 18.4 Å². The van der Waals surface area contributed by atoms with Crippen molar-refractivity contribution in [2.75, 3.05) is 19.8 Å². The van der Waals surface area contributed by atoms with Gasteiger partial charge in [0, 0.05) is 26.1 Å². The number of nitrogens with zero attached hydrogens (tertiary/aromatic N) is 2. The van der Waals surface area contributed by atoms with Gasteiger partial charge in [0.2, 0.25) is 5.91 Å². The molecule has 0 radical (unpaired) electrons. The van der Waals surface area contributed by atoms with E-state index in [0.29, 0.717) is 31.5 Å². The molecule has 1 amide bonds. The summed E-state index contributed by atoms with van der Waals surface area (Å²) in [6.07, 6.45) is 0.323. The minimum absolute atomic E-state index is 0.00496. The minimum atomic E-state index is -0.0122. The lowest BCUT2D eigenvalue weighted by atomic mass is 10.1. The Balaban J connectivity index is 1.86. The molecular formula is C19H29N3O2S. The zero-order chi connectivity index (χ0) is 18.4. The molecule has 0 aliphatic rings. The van der Waals surface area contributed by atoms with Crippen LogP contribution in [-0.4, -0.2) is 34.5 Å². The Labute approximate surface area is 153 Å².